The van der Waals surface area contributed by atoms with Crippen molar-refractivity contribution in [2.45, 2.75) is 12.4 Å². The van der Waals surface area contributed by atoms with Crippen molar-refractivity contribution in [3.05, 3.63) is 28.0 Å². The van der Waals surface area contributed by atoms with E-state index in [0.717, 1.165) is 0 Å². The first-order chi connectivity index (χ1) is 13.8. The third-order valence-corrected chi connectivity index (χ3v) is 3.54. The van der Waals surface area contributed by atoms with Gasteiger partial charge in [-0.1, -0.05) is 11.6 Å². The Morgan fingerprint density at radius 3 is 1.97 bits per heavy atom. The van der Waals surface area contributed by atoms with Crippen LogP contribution in [0.15, 0.2) is 22.9 Å². The lowest BCUT2D eigenvalue weighted by atomic mass is 10.4. The summed E-state index contributed by atoms with van der Waals surface area (Å²) in [5.41, 5.74) is 0.215. The lowest BCUT2D eigenvalue weighted by Gasteiger charge is -2.15. The van der Waals surface area contributed by atoms with Crippen molar-refractivity contribution in [3.8, 4) is 11.8 Å². The molecule has 0 aliphatic carbocycles. The summed E-state index contributed by atoms with van der Waals surface area (Å²) < 4.78 is 83.5. The molecule has 0 bridgehead atoms. The minimum atomic E-state index is -4.79. The highest BCUT2D eigenvalue weighted by Gasteiger charge is 2.32. The number of pyridine rings is 1. The number of anilines is 2. The number of nitrogens with zero attached hydrogens (tertiary/aromatic N) is 3. The average Bonchev–Trinajstić information content (AvgIpc) is 2.61. The normalized spacial score (nSPS) is 11.7. The maximum atomic E-state index is 12.4. The highest BCUT2D eigenvalue weighted by atomic mass is 79.9. The number of halogens is 8. The number of amides is 2. The number of alkyl halides is 6. The van der Waals surface area contributed by atoms with E-state index in [1.54, 1.807) is 0 Å². The molecule has 0 aromatic carbocycles. The number of hydrogen-bond acceptors (Lipinski definition) is 6. The van der Waals surface area contributed by atoms with Crippen molar-refractivity contribution in [2.75, 3.05) is 23.8 Å². The van der Waals surface area contributed by atoms with Crippen LogP contribution < -0.4 is 20.1 Å². The molecule has 2 heterocycles. The summed E-state index contributed by atoms with van der Waals surface area (Å²) in [6.45, 7) is -3.70. The Balaban J connectivity index is 2.22. The van der Waals surface area contributed by atoms with E-state index in [0.29, 0.717) is 4.60 Å². The first-order valence-electron chi connectivity index (χ1n) is 7.48. The van der Waals surface area contributed by atoms with Gasteiger partial charge in [-0.2, -0.15) is 36.3 Å². The summed E-state index contributed by atoms with van der Waals surface area (Å²) in [5.74, 6) is -2.61. The van der Waals surface area contributed by atoms with E-state index in [-0.39, 0.29) is 5.69 Å². The maximum absolute atomic E-state index is 12.4. The van der Waals surface area contributed by atoms with Gasteiger partial charge in [0.25, 0.3) is 0 Å². The Hall–Kier alpha value is -2.55. The Bertz CT molecular complexity index is 858. The van der Waals surface area contributed by atoms with Crippen LogP contribution in [0.25, 0.3) is 0 Å². The number of aromatic nitrogens is 3. The first kappa shape index (κ1) is 23.7. The molecule has 2 N–H and O–H groups in total. The van der Waals surface area contributed by atoms with Gasteiger partial charge in [-0.25, -0.2) is 9.78 Å². The van der Waals surface area contributed by atoms with Crippen molar-refractivity contribution in [1.82, 2.24) is 15.0 Å². The van der Waals surface area contributed by atoms with Crippen molar-refractivity contribution >= 4 is 45.2 Å². The maximum Gasteiger partial charge on any atom is 0.422 e. The fourth-order valence-electron chi connectivity index (χ4n) is 1.67. The van der Waals surface area contributed by atoms with Crippen LogP contribution in [0.2, 0.25) is 5.02 Å². The van der Waals surface area contributed by atoms with Gasteiger partial charge in [0, 0.05) is 0 Å². The molecular weight excluding hydrogens is 516 g/mol. The third kappa shape index (κ3) is 8.06. The van der Waals surface area contributed by atoms with Gasteiger partial charge in [0.1, 0.15) is 4.60 Å². The third-order valence-electron chi connectivity index (χ3n) is 2.75. The Kier molecular flexibility index (Phi) is 7.52. The molecule has 0 aliphatic rings. The average molecular weight is 525 g/mol. The summed E-state index contributed by atoms with van der Waals surface area (Å²) >= 11 is 8.75. The predicted octanol–water partition coefficient (Wildman–Crippen LogP) is 4.81. The zero-order chi connectivity index (χ0) is 22.5. The number of rotatable bonds is 6. The van der Waals surface area contributed by atoms with Crippen molar-refractivity contribution < 1.29 is 40.6 Å². The highest BCUT2D eigenvalue weighted by molar-refractivity contribution is 9.10. The molecule has 30 heavy (non-hydrogen) atoms. The van der Waals surface area contributed by atoms with Gasteiger partial charge in [-0.05, 0) is 28.1 Å². The molecule has 0 atom stereocenters. The van der Waals surface area contributed by atoms with Gasteiger partial charge in [0.2, 0.25) is 17.7 Å². The van der Waals surface area contributed by atoms with Gasteiger partial charge in [0.05, 0.1) is 11.9 Å². The molecule has 8 nitrogen and oxygen atoms in total. The number of nitrogens with one attached hydrogen (secondary N) is 2. The smallest absolute Gasteiger partial charge is 0.422 e. The van der Waals surface area contributed by atoms with Crippen LogP contribution in [0, 0.1) is 0 Å². The molecular formula is C14H9BrClF6N5O3. The van der Waals surface area contributed by atoms with Gasteiger partial charge >= 0.3 is 18.4 Å². The fourth-order valence-corrected chi connectivity index (χ4v) is 2.10. The molecule has 0 aliphatic heterocycles. The van der Waals surface area contributed by atoms with E-state index < -0.39 is 54.3 Å². The minimum absolute atomic E-state index is 0.215. The van der Waals surface area contributed by atoms with E-state index in [4.69, 9.17) is 11.6 Å². The molecule has 0 unspecified atom stereocenters. The molecule has 2 aromatic heterocycles. The molecule has 0 spiro atoms. The molecule has 0 fully saturated rings. The topological polar surface area (TPSA) is 98.3 Å². The van der Waals surface area contributed by atoms with Crippen LogP contribution in [0.3, 0.4) is 0 Å². The SMILES string of the molecule is O=C(Nc1ccc(Br)nc1)Nc1nc(OCC(F)(F)F)c(Cl)c(OCC(F)(F)F)n1. The van der Waals surface area contributed by atoms with E-state index in [2.05, 4.69) is 45.7 Å². The van der Waals surface area contributed by atoms with Gasteiger partial charge < -0.3 is 14.8 Å². The van der Waals surface area contributed by atoms with E-state index in [1.807, 2.05) is 5.32 Å². The van der Waals surface area contributed by atoms with Gasteiger partial charge in [-0.15, -0.1) is 0 Å². The Morgan fingerprint density at radius 1 is 1.00 bits per heavy atom. The molecule has 164 valence electrons. The summed E-state index contributed by atoms with van der Waals surface area (Å²) in [4.78, 5) is 22.7. The lowest BCUT2D eigenvalue weighted by Crippen LogP contribution is -2.24. The Labute approximate surface area is 177 Å². The first-order valence-corrected chi connectivity index (χ1v) is 8.66. The van der Waals surface area contributed by atoms with Crippen LogP contribution >= 0.6 is 27.5 Å². The van der Waals surface area contributed by atoms with Crippen LogP contribution in [-0.4, -0.2) is 46.5 Å². The molecule has 2 aromatic rings. The Morgan fingerprint density at radius 2 is 1.53 bits per heavy atom. The summed E-state index contributed by atoms with van der Waals surface area (Å²) in [7, 11) is 0. The zero-order valence-electron chi connectivity index (χ0n) is 14.2. The van der Waals surface area contributed by atoms with Crippen LogP contribution in [0.5, 0.6) is 11.8 Å². The number of carbonyl (C=O) groups is 1. The van der Waals surface area contributed by atoms with E-state index >= 15 is 0 Å². The number of urea groups is 1. The molecule has 16 heteroatoms. The van der Waals surface area contributed by atoms with Crippen molar-refractivity contribution in [3.63, 3.8) is 0 Å². The fraction of sp³-hybridized carbons (Fsp3) is 0.286. The molecule has 0 saturated carbocycles. The highest BCUT2D eigenvalue weighted by Crippen LogP contribution is 2.34. The number of ether oxygens (including phenoxy) is 2. The monoisotopic (exact) mass is 523 g/mol. The molecule has 2 rings (SSSR count). The molecule has 2 amide bonds. The minimum Gasteiger partial charge on any atom is -0.467 e. The summed E-state index contributed by atoms with van der Waals surface area (Å²) in [5, 5.41) is 3.47. The largest absolute Gasteiger partial charge is 0.467 e. The number of hydrogen-bond donors (Lipinski definition) is 2. The second kappa shape index (κ2) is 9.51. The van der Waals surface area contributed by atoms with Crippen LogP contribution in [-0.2, 0) is 0 Å². The van der Waals surface area contributed by atoms with E-state index in [9.17, 15) is 31.1 Å². The van der Waals surface area contributed by atoms with E-state index in [1.165, 1.54) is 18.3 Å². The van der Waals surface area contributed by atoms with Crippen molar-refractivity contribution in [2.24, 2.45) is 0 Å². The standard InChI is InChI=1S/C14H9BrClF6N5O3/c15-7-2-1-6(3-23-7)24-12(28)27-11-25-9(29-4-13(17,18)19)8(16)10(26-11)30-5-14(20,21)22/h1-3H,4-5H2,(H2,24,25,26,27,28). The molecule has 0 saturated heterocycles. The predicted molar refractivity (Wildman–Crippen MR) is 94.7 cm³/mol. The van der Waals surface area contributed by atoms with Crippen molar-refractivity contribution in [1.29, 1.82) is 0 Å². The van der Waals surface area contributed by atoms with Crippen LogP contribution in [0.4, 0.5) is 42.8 Å². The van der Waals surface area contributed by atoms with Gasteiger partial charge in [0.15, 0.2) is 18.2 Å². The lowest BCUT2D eigenvalue weighted by molar-refractivity contribution is -0.154. The van der Waals surface area contributed by atoms with Crippen LogP contribution in [0.1, 0.15) is 0 Å². The second-order valence-electron chi connectivity index (χ2n) is 5.23. The van der Waals surface area contributed by atoms with Gasteiger partial charge in [-0.3, -0.25) is 5.32 Å². The summed E-state index contributed by atoms with van der Waals surface area (Å²) in [6.07, 6.45) is -8.32. The zero-order valence-corrected chi connectivity index (χ0v) is 16.6. The second-order valence-corrected chi connectivity index (χ2v) is 6.42. The molecule has 0 radical (unpaired) electrons. The summed E-state index contributed by atoms with van der Waals surface area (Å²) in [6, 6.07) is 1.97. The quantitative estimate of drug-likeness (QED) is 0.416. The number of carbonyl (C=O) groups excluding carboxylic acids is 1.